The molecule has 2 rings (SSSR count). The number of aromatic nitrogens is 1. The standard InChI is InChI=1S/C15H15IN2O5S/c1-10-6-7-13(15(21)18(10)8-14(19)20)17-24(22,23)9-11-4-2-3-5-12(11)16/h2-7,17H,8-9H2,1H3,(H,19,20). The maximum atomic E-state index is 12.3. The van der Waals surface area contributed by atoms with Crippen LogP contribution in [0.3, 0.4) is 0 Å². The van der Waals surface area contributed by atoms with E-state index in [1.807, 2.05) is 22.6 Å². The van der Waals surface area contributed by atoms with Gasteiger partial charge in [0, 0.05) is 9.26 Å². The minimum Gasteiger partial charge on any atom is -0.480 e. The molecule has 2 aromatic rings. The smallest absolute Gasteiger partial charge is 0.323 e. The lowest BCUT2D eigenvalue weighted by Gasteiger charge is -2.12. The molecule has 0 aliphatic rings. The van der Waals surface area contributed by atoms with Crippen LogP contribution in [0.1, 0.15) is 11.3 Å². The SMILES string of the molecule is Cc1ccc(NS(=O)(=O)Cc2ccccc2I)c(=O)n1CC(=O)O. The molecule has 2 N–H and O–H groups in total. The number of aliphatic carboxylic acids is 1. The fourth-order valence-corrected chi connectivity index (χ4v) is 4.16. The van der Waals surface area contributed by atoms with Crippen molar-refractivity contribution in [2.45, 2.75) is 19.2 Å². The molecule has 1 aromatic heterocycles. The van der Waals surface area contributed by atoms with Gasteiger partial charge in [-0.05, 0) is 53.3 Å². The highest BCUT2D eigenvalue weighted by atomic mass is 127. The number of hydrogen-bond acceptors (Lipinski definition) is 4. The van der Waals surface area contributed by atoms with Crippen LogP contribution >= 0.6 is 22.6 Å². The number of rotatable bonds is 6. The number of sulfonamides is 1. The highest BCUT2D eigenvalue weighted by Gasteiger charge is 2.17. The van der Waals surface area contributed by atoms with Crippen molar-refractivity contribution in [2.24, 2.45) is 0 Å². The van der Waals surface area contributed by atoms with Crippen LogP contribution in [-0.4, -0.2) is 24.1 Å². The minimum atomic E-state index is -3.81. The summed E-state index contributed by atoms with van der Waals surface area (Å²) in [6, 6.07) is 9.85. The Hall–Kier alpha value is -1.88. The van der Waals surface area contributed by atoms with Gasteiger partial charge in [0.2, 0.25) is 10.0 Å². The quantitative estimate of drug-likeness (QED) is 0.637. The Labute approximate surface area is 152 Å². The zero-order valence-electron chi connectivity index (χ0n) is 12.7. The van der Waals surface area contributed by atoms with Crippen LogP contribution in [0.15, 0.2) is 41.2 Å². The van der Waals surface area contributed by atoms with E-state index in [2.05, 4.69) is 4.72 Å². The number of hydrogen-bond donors (Lipinski definition) is 2. The molecule has 7 nitrogen and oxygen atoms in total. The van der Waals surface area contributed by atoms with Crippen molar-refractivity contribution in [2.75, 3.05) is 4.72 Å². The lowest BCUT2D eigenvalue weighted by Crippen LogP contribution is -2.30. The van der Waals surface area contributed by atoms with E-state index in [0.29, 0.717) is 11.3 Å². The van der Waals surface area contributed by atoms with E-state index in [9.17, 15) is 18.0 Å². The Kier molecular flexibility index (Phi) is 5.65. The predicted molar refractivity (Wildman–Crippen MR) is 98.5 cm³/mol. The molecule has 0 aliphatic heterocycles. The van der Waals surface area contributed by atoms with E-state index >= 15 is 0 Å². The summed E-state index contributed by atoms with van der Waals surface area (Å²) in [5.74, 6) is -1.46. The number of nitrogens with one attached hydrogen (secondary N) is 1. The highest BCUT2D eigenvalue weighted by molar-refractivity contribution is 14.1. The Balaban J connectivity index is 2.32. The number of benzene rings is 1. The molecule has 0 amide bonds. The summed E-state index contributed by atoms with van der Waals surface area (Å²) in [7, 11) is -3.81. The molecule has 24 heavy (non-hydrogen) atoms. The fraction of sp³-hybridized carbons (Fsp3) is 0.200. The van der Waals surface area contributed by atoms with Crippen molar-refractivity contribution < 1.29 is 18.3 Å². The third-order valence-electron chi connectivity index (χ3n) is 3.25. The molecule has 0 spiro atoms. The van der Waals surface area contributed by atoms with Crippen LogP contribution < -0.4 is 10.3 Å². The van der Waals surface area contributed by atoms with Gasteiger partial charge in [-0.15, -0.1) is 0 Å². The summed E-state index contributed by atoms with van der Waals surface area (Å²) in [6.07, 6.45) is 0. The van der Waals surface area contributed by atoms with Crippen molar-refractivity contribution in [3.8, 4) is 0 Å². The molecule has 1 aromatic carbocycles. The molecule has 0 atom stereocenters. The molecule has 1 heterocycles. The van der Waals surface area contributed by atoms with Crippen LogP contribution in [0.4, 0.5) is 5.69 Å². The molecule has 0 aliphatic carbocycles. The normalized spacial score (nSPS) is 11.2. The van der Waals surface area contributed by atoms with Gasteiger partial charge in [0.25, 0.3) is 5.56 Å². The number of pyridine rings is 1. The second-order valence-corrected chi connectivity index (χ2v) is 8.01. The lowest BCUT2D eigenvalue weighted by molar-refractivity contribution is -0.137. The first-order valence-electron chi connectivity index (χ1n) is 6.86. The third-order valence-corrected chi connectivity index (χ3v) is 5.53. The molecule has 9 heteroatoms. The molecule has 0 unspecified atom stereocenters. The van der Waals surface area contributed by atoms with E-state index < -0.39 is 28.1 Å². The van der Waals surface area contributed by atoms with Crippen LogP contribution in [0, 0.1) is 10.5 Å². The first kappa shape index (κ1) is 18.5. The predicted octanol–water partition coefficient (Wildman–Crippen LogP) is 1.79. The van der Waals surface area contributed by atoms with Crippen LogP contribution in [-0.2, 0) is 27.1 Å². The van der Waals surface area contributed by atoms with Gasteiger partial charge in [-0.3, -0.25) is 18.9 Å². The summed E-state index contributed by atoms with van der Waals surface area (Å²) in [5.41, 5.74) is 0.183. The summed E-state index contributed by atoms with van der Waals surface area (Å²) < 4.78 is 28.7. The van der Waals surface area contributed by atoms with E-state index in [0.717, 1.165) is 8.14 Å². The van der Waals surface area contributed by atoms with Gasteiger partial charge < -0.3 is 5.11 Å². The molecule has 0 fully saturated rings. The first-order valence-corrected chi connectivity index (χ1v) is 9.59. The van der Waals surface area contributed by atoms with Crippen LogP contribution in [0.2, 0.25) is 0 Å². The Morgan fingerprint density at radius 1 is 1.25 bits per heavy atom. The highest BCUT2D eigenvalue weighted by Crippen LogP contribution is 2.16. The first-order chi connectivity index (χ1) is 11.2. The topological polar surface area (TPSA) is 105 Å². The zero-order chi connectivity index (χ0) is 17.9. The number of carboxylic acid groups (broad SMARTS) is 1. The van der Waals surface area contributed by atoms with Gasteiger partial charge in [0.1, 0.15) is 12.2 Å². The number of halogens is 1. The molecule has 0 bridgehead atoms. The Bertz CT molecular complexity index is 937. The molecule has 0 radical (unpaired) electrons. The second kappa shape index (κ2) is 7.34. The fourth-order valence-electron chi connectivity index (χ4n) is 2.10. The molecular formula is C15H15IN2O5S. The van der Waals surface area contributed by atoms with E-state index in [1.165, 1.54) is 12.1 Å². The number of aryl methyl sites for hydroxylation is 1. The van der Waals surface area contributed by atoms with Crippen molar-refractivity contribution in [1.82, 2.24) is 4.57 Å². The summed E-state index contributed by atoms with van der Waals surface area (Å²) in [4.78, 5) is 23.1. The summed E-state index contributed by atoms with van der Waals surface area (Å²) >= 11 is 2.04. The maximum Gasteiger partial charge on any atom is 0.323 e. The van der Waals surface area contributed by atoms with E-state index in [-0.39, 0.29) is 11.4 Å². The van der Waals surface area contributed by atoms with E-state index in [1.54, 1.807) is 31.2 Å². The average molecular weight is 462 g/mol. The Morgan fingerprint density at radius 3 is 2.54 bits per heavy atom. The summed E-state index contributed by atoms with van der Waals surface area (Å²) in [6.45, 7) is 1.05. The second-order valence-electron chi connectivity index (χ2n) is 5.13. The molecule has 0 saturated carbocycles. The Morgan fingerprint density at radius 2 is 1.92 bits per heavy atom. The van der Waals surface area contributed by atoms with E-state index in [4.69, 9.17) is 5.11 Å². The molecule has 0 saturated heterocycles. The van der Waals surface area contributed by atoms with Crippen molar-refractivity contribution >= 4 is 44.3 Å². The largest absolute Gasteiger partial charge is 0.480 e. The lowest BCUT2D eigenvalue weighted by atomic mass is 10.2. The van der Waals surface area contributed by atoms with Gasteiger partial charge in [-0.1, -0.05) is 18.2 Å². The van der Waals surface area contributed by atoms with Crippen molar-refractivity contribution in [1.29, 1.82) is 0 Å². The van der Waals surface area contributed by atoms with Crippen molar-refractivity contribution in [3.05, 3.63) is 61.6 Å². The van der Waals surface area contributed by atoms with Gasteiger partial charge in [-0.25, -0.2) is 8.42 Å². The number of anilines is 1. The monoisotopic (exact) mass is 462 g/mol. The third kappa shape index (κ3) is 4.57. The van der Waals surface area contributed by atoms with Crippen LogP contribution in [0.25, 0.3) is 0 Å². The van der Waals surface area contributed by atoms with Gasteiger partial charge in [-0.2, -0.15) is 0 Å². The van der Waals surface area contributed by atoms with Crippen molar-refractivity contribution in [3.63, 3.8) is 0 Å². The van der Waals surface area contributed by atoms with Gasteiger partial charge in [0.05, 0.1) is 5.75 Å². The summed E-state index contributed by atoms with van der Waals surface area (Å²) in [5, 5.41) is 8.87. The van der Waals surface area contributed by atoms with Crippen LogP contribution in [0.5, 0.6) is 0 Å². The number of nitrogens with zero attached hydrogens (tertiary/aromatic N) is 1. The molecular weight excluding hydrogens is 447 g/mol. The maximum absolute atomic E-state index is 12.3. The minimum absolute atomic E-state index is 0.173. The number of carbonyl (C=O) groups is 1. The number of carboxylic acids is 1. The molecule has 128 valence electrons. The zero-order valence-corrected chi connectivity index (χ0v) is 15.7. The van der Waals surface area contributed by atoms with Gasteiger partial charge in [0.15, 0.2) is 0 Å². The van der Waals surface area contributed by atoms with Gasteiger partial charge >= 0.3 is 5.97 Å². The average Bonchev–Trinajstić information content (AvgIpc) is 2.48.